The molecule has 0 bridgehead atoms. The van der Waals surface area contributed by atoms with Crippen LogP contribution in [0.4, 0.5) is 0 Å². The average molecular weight is 314 g/mol. The summed E-state index contributed by atoms with van der Waals surface area (Å²) in [4.78, 5) is 0. The highest BCUT2D eigenvalue weighted by atomic mass is 14.2. The molecule has 2 unspecified atom stereocenters. The van der Waals surface area contributed by atoms with Gasteiger partial charge in [-0.1, -0.05) is 97.8 Å². The third kappa shape index (κ3) is 3.59. The molecule has 24 heavy (non-hydrogen) atoms. The van der Waals surface area contributed by atoms with Gasteiger partial charge in [-0.3, -0.25) is 0 Å². The molecule has 0 aliphatic heterocycles. The molecule has 0 heterocycles. The summed E-state index contributed by atoms with van der Waals surface area (Å²) >= 11 is 0. The maximum Gasteiger partial charge on any atom is 0.00613 e. The van der Waals surface area contributed by atoms with Crippen LogP contribution in [0.25, 0.3) is 0 Å². The maximum atomic E-state index is 2.38. The Morgan fingerprint density at radius 2 is 1.00 bits per heavy atom. The van der Waals surface area contributed by atoms with Gasteiger partial charge in [0.25, 0.3) is 0 Å². The van der Waals surface area contributed by atoms with Crippen molar-refractivity contribution in [1.29, 1.82) is 0 Å². The van der Waals surface area contributed by atoms with Crippen LogP contribution in [0.1, 0.15) is 59.1 Å². The van der Waals surface area contributed by atoms with Crippen molar-refractivity contribution in [2.24, 2.45) is 0 Å². The van der Waals surface area contributed by atoms with Gasteiger partial charge in [-0.15, -0.1) is 0 Å². The lowest BCUT2D eigenvalue weighted by Gasteiger charge is -2.18. The molecule has 3 aromatic rings. The first-order valence-electron chi connectivity index (χ1n) is 8.77. The minimum Gasteiger partial charge on any atom is -0.0622 e. The fraction of sp³-hybridized carbons (Fsp3) is 0.250. The van der Waals surface area contributed by atoms with Crippen molar-refractivity contribution in [3.63, 3.8) is 0 Å². The first-order valence-corrected chi connectivity index (χ1v) is 8.77. The van der Waals surface area contributed by atoms with E-state index in [1.165, 1.54) is 33.4 Å². The van der Waals surface area contributed by atoms with Crippen LogP contribution >= 0.6 is 0 Å². The van der Waals surface area contributed by atoms with Crippen molar-refractivity contribution >= 4 is 0 Å². The molecule has 0 fully saturated rings. The van der Waals surface area contributed by atoms with Crippen molar-refractivity contribution in [2.45, 2.75) is 39.5 Å². The summed E-state index contributed by atoms with van der Waals surface area (Å²) in [5.74, 6) is 0.823. The molecule has 0 spiro atoms. The van der Waals surface area contributed by atoms with Crippen molar-refractivity contribution in [1.82, 2.24) is 0 Å². The van der Waals surface area contributed by atoms with E-state index in [2.05, 4.69) is 100 Å². The Morgan fingerprint density at radius 1 is 0.500 bits per heavy atom. The Labute approximate surface area is 146 Å². The Morgan fingerprint density at radius 3 is 1.58 bits per heavy atom. The van der Waals surface area contributed by atoms with Crippen LogP contribution in [0, 0.1) is 13.8 Å². The molecule has 0 N–H and O–H groups in total. The minimum absolute atomic E-state index is 0.409. The van der Waals surface area contributed by atoms with E-state index in [4.69, 9.17) is 0 Å². The fourth-order valence-corrected chi connectivity index (χ4v) is 3.48. The topological polar surface area (TPSA) is 0 Å². The third-order valence-electron chi connectivity index (χ3n) is 4.95. The molecule has 0 heteroatoms. The van der Waals surface area contributed by atoms with E-state index in [0.29, 0.717) is 11.8 Å². The van der Waals surface area contributed by atoms with E-state index in [0.717, 1.165) is 0 Å². The van der Waals surface area contributed by atoms with Gasteiger partial charge in [-0.2, -0.15) is 0 Å². The van der Waals surface area contributed by atoms with Gasteiger partial charge >= 0.3 is 0 Å². The zero-order valence-corrected chi connectivity index (χ0v) is 15.1. The number of hydrogen-bond donors (Lipinski definition) is 0. The Kier molecular flexibility index (Phi) is 4.85. The summed E-state index contributed by atoms with van der Waals surface area (Å²) < 4.78 is 0. The van der Waals surface area contributed by atoms with Crippen molar-refractivity contribution in [3.8, 4) is 0 Å². The van der Waals surface area contributed by atoms with E-state index < -0.39 is 0 Å². The van der Waals surface area contributed by atoms with Crippen LogP contribution in [-0.2, 0) is 0 Å². The predicted octanol–water partition coefficient (Wildman–Crippen LogP) is 6.61. The molecule has 0 aliphatic carbocycles. The zero-order valence-electron chi connectivity index (χ0n) is 15.1. The highest BCUT2D eigenvalue weighted by molar-refractivity contribution is 5.40. The summed E-state index contributed by atoms with van der Waals surface area (Å²) in [6.07, 6.45) is 0. The van der Waals surface area contributed by atoms with E-state index in [9.17, 15) is 0 Å². The summed E-state index contributed by atoms with van der Waals surface area (Å²) in [7, 11) is 0. The van der Waals surface area contributed by atoms with Gasteiger partial charge in [-0.25, -0.2) is 0 Å². The van der Waals surface area contributed by atoms with Crippen LogP contribution in [0.15, 0.2) is 72.8 Å². The van der Waals surface area contributed by atoms with Gasteiger partial charge in [0.2, 0.25) is 0 Å². The standard InChI is InChI=1S/C24H26/c1-17-13-18(2)15-24(14-17)20(4)23-12-8-11-22(16-23)19(3)21-9-6-5-7-10-21/h5-16,19-20H,1-4H3. The zero-order chi connectivity index (χ0) is 17.1. The normalized spacial score (nSPS) is 13.5. The van der Waals surface area contributed by atoms with E-state index >= 15 is 0 Å². The van der Waals surface area contributed by atoms with Gasteiger partial charge in [-0.05, 0) is 36.1 Å². The molecule has 3 rings (SSSR count). The lowest BCUT2D eigenvalue weighted by atomic mass is 9.87. The summed E-state index contributed by atoms with van der Waals surface area (Å²) in [6.45, 7) is 8.95. The molecule has 3 aromatic carbocycles. The summed E-state index contributed by atoms with van der Waals surface area (Å²) in [5, 5.41) is 0. The van der Waals surface area contributed by atoms with Crippen LogP contribution < -0.4 is 0 Å². The predicted molar refractivity (Wildman–Crippen MR) is 104 cm³/mol. The molecule has 0 nitrogen and oxygen atoms in total. The molecule has 0 aromatic heterocycles. The maximum absolute atomic E-state index is 2.38. The van der Waals surface area contributed by atoms with Gasteiger partial charge in [0.15, 0.2) is 0 Å². The fourth-order valence-electron chi connectivity index (χ4n) is 3.48. The largest absolute Gasteiger partial charge is 0.0622 e. The number of hydrogen-bond acceptors (Lipinski definition) is 0. The van der Waals surface area contributed by atoms with Crippen LogP contribution in [0.3, 0.4) is 0 Å². The molecule has 0 amide bonds. The quantitative estimate of drug-likeness (QED) is 0.508. The average Bonchev–Trinajstić information content (AvgIpc) is 2.60. The van der Waals surface area contributed by atoms with Crippen molar-refractivity contribution in [2.75, 3.05) is 0 Å². The van der Waals surface area contributed by atoms with Crippen molar-refractivity contribution < 1.29 is 0 Å². The summed E-state index contributed by atoms with van der Waals surface area (Å²) in [6, 6.07) is 26.7. The molecule has 122 valence electrons. The van der Waals surface area contributed by atoms with Gasteiger partial charge in [0.1, 0.15) is 0 Å². The Hall–Kier alpha value is -2.34. The Balaban J connectivity index is 1.92. The van der Waals surface area contributed by atoms with Gasteiger partial charge in [0, 0.05) is 11.8 Å². The second-order valence-electron chi connectivity index (χ2n) is 6.95. The van der Waals surface area contributed by atoms with Crippen LogP contribution in [-0.4, -0.2) is 0 Å². The molecule has 0 radical (unpaired) electrons. The van der Waals surface area contributed by atoms with Gasteiger partial charge < -0.3 is 0 Å². The van der Waals surface area contributed by atoms with Crippen molar-refractivity contribution in [3.05, 3.63) is 106 Å². The second-order valence-corrected chi connectivity index (χ2v) is 6.95. The first-order chi connectivity index (χ1) is 11.5. The lowest BCUT2D eigenvalue weighted by Crippen LogP contribution is -2.01. The first kappa shape index (κ1) is 16.5. The minimum atomic E-state index is 0.409. The Bertz CT molecular complexity index is 794. The van der Waals surface area contributed by atoms with E-state index in [1.807, 2.05) is 0 Å². The molecular weight excluding hydrogens is 288 g/mol. The molecule has 0 saturated heterocycles. The number of aryl methyl sites for hydroxylation is 2. The van der Waals surface area contributed by atoms with E-state index in [-0.39, 0.29) is 0 Å². The molecule has 2 atom stereocenters. The van der Waals surface area contributed by atoms with Gasteiger partial charge in [0.05, 0.1) is 0 Å². The number of benzene rings is 3. The van der Waals surface area contributed by atoms with Crippen LogP contribution in [0.5, 0.6) is 0 Å². The smallest absolute Gasteiger partial charge is 0.00613 e. The van der Waals surface area contributed by atoms with E-state index in [1.54, 1.807) is 0 Å². The molecule has 0 saturated carbocycles. The summed E-state index contributed by atoms with van der Waals surface area (Å²) in [5.41, 5.74) is 8.22. The highest BCUT2D eigenvalue weighted by Crippen LogP contribution is 2.30. The monoisotopic (exact) mass is 314 g/mol. The highest BCUT2D eigenvalue weighted by Gasteiger charge is 2.13. The number of rotatable bonds is 4. The van der Waals surface area contributed by atoms with Crippen LogP contribution in [0.2, 0.25) is 0 Å². The molecule has 0 aliphatic rings. The molecular formula is C24H26. The SMILES string of the molecule is Cc1cc(C)cc(C(C)c2cccc(C(C)c3ccccc3)c2)c1. The lowest BCUT2D eigenvalue weighted by molar-refractivity contribution is 0.885. The third-order valence-corrected chi connectivity index (χ3v) is 4.95. The second kappa shape index (κ2) is 7.05.